The zero-order valence-electron chi connectivity index (χ0n) is 25.5. The van der Waals surface area contributed by atoms with Crippen molar-refractivity contribution in [2.45, 2.75) is 6.42 Å². The van der Waals surface area contributed by atoms with Gasteiger partial charge in [-0.05, 0) is 11.1 Å². The number of rotatable bonds is 4. The van der Waals surface area contributed by atoms with Gasteiger partial charge in [-0.25, -0.2) is 9.69 Å². The molecular weight excluding hydrogens is 939 g/mol. The average Bonchev–Trinajstić information content (AvgIpc) is 3.07. The van der Waals surface area contributed by atoms with Gasteiger partial charge in [-0.3, -0.25) is 20.2 Å². The number of benzene rings is 4. The van der Waals surface area contributed by atoms with E-state index in [4.69, 9.17) is 152 Å². The average molecular weight is 948 g/mol. The largest absolute Gasteiger partial charge is 1.00 e. The van der Waals surface area contributed by atoms with Gasteiger partial charge in [0.05, 0.1) is 95.1 Å². The van der Waals surface area contributed by atoms with Crippen LogP contribution in [-0.2, 0) is 6.42 Å². The molecular formula is C29H9Cl11N7NaO5. The second kappa shape index (κ2) is 22.2. The van der Waals surface area contributed by atoms with Crippen molar-refractivity contribution in [3.8, 4) is 12.1 Å². The van der Waals surface area contributed by atoms with E-state index in [-0.39, 0.29) is 142 Å². The zero-order chi connectivity index (χ0) is 39.1. The molecule has 0 heterocycles. The summed E-state index contributed by atoms with van der Waals surface area (Å²) in [5.41, 5.74) is 5.42. The van der Waals surface area contributed by atoms with Gasteiger partial charge in [0.25, 0.3) is 11.4 Å². The molecule has 4 rings (SSSR count). The zero-order valence-corrected chi connectivity index (χ0v) is 35.8. The molecule has 268 valence electrons. The number of hydrogen-bond acceptors (Lipinski definition) is 8. The Morgan fingerprint density at radius 3 is 1.25 bits per heavy atom. The molecule has 0 atom stereocenters. The van der Waals surface area contributed by atoms with Gasteiger partial charge in [0.1, 0.15) is 12.1 Å². The number of nitro groups is 2. The van der Waals surface area contributed by atoms with E-state index in [2.05, 4.69) is 9.69 Å². The molecule has 0 saturated heterocycles. The molecule has 0 amide bonds. The number of nitrogens with zero attached hydrogens (tertiary/aromatic N) is 6. The Morgan fingerprint density at radius 1 is 0.604 bits per heavy atom. The molecule has 4 aromatic rings. The Hall–Kier alpha value is -2.41. The third kappa shape index (κ3) is 11.8. The Morgan fingerprint density at radius 2 is 0.925 bits per heavy atom. The molecule has 0 aliphatic carbocycles. The van der Waals surface area contributed by atoms with Crippen molar-refractivity contribution in [2.24, 2.45) is 0 Å². The van der Waals surface area contributed by atoms with Crippen molar-refractivity contribution in [3.05, 3.63) is 145 Å². The number of hydrogen-bond donors (Lipinski definition) is 1. The monoisotopic (exact) mass is 943 g/mol. The van der Waals surface area contributed by atoms with Crippen molar-refractivity contribution >= 4 is 156 Å². The maximum absolute atomic E-state index is 10.9. The van der Waals surface area contributed by atoms with Gasteiger partial charge >= 0.3 is 29.6 Å². The normalized spacial score (nSPS) is 9.49. The number of halogens is 11. The van der Waals surface area contributed by atoms with E-state index >= 15 is 0 Å². The third-order valence-corrected chi connectivity index (χ3v) is 10.3. The van der Waals surface area contributed by atoms with E-state index in [1.807, 2.05) is 6.07 Å². The summed E-state index contributed by atoms with van der Waals surface area (Å²) < 4.78 is 0. The molecule has 53 heavy (non-hydrogen) atoms. The molecule has 0 aliphatic heterocycles. The van der Waals surface area contributed by atoms with Crippen LogP contribution in [0.5, 0.6) is 0 Å². The fraction of sp³-hybridized carbons (Fsp3) is 0.0345. The van der Waals surface area contributed by atoms with Gasteiger partial charge in [0, 0.05) is 30.7 Å². The summed E-state index contributed by atoms with van der Waals surface area (Å²) in [5.74, 6) is 0. The fourth-order valence-electron chi connectivity index (χ4n) is 3.61. The molecule has 0 saturated carbocycles. The molecule has 0 aliphatic rings. The van der Waals surface area contributed by atoms with Crippen molar-refractivity contribution in [2.75, 3.05) is 5.73 Å². The first-order valence-electron chi connectivity index (χ1n) is 12.4. The predicted octanol–water partition coefficient (Wildman–Crippen LogP) is 10.9. The van der Waals surface area contributed by atoms with E-state index < -0.39 is 9.85 Å². The Kier molecular flexibility index (Phi) is 21.2. The summed E-state index contributed by atoms with van der Waals surface area (Å²) in [5, 5.41) is 38.9. The van der Waals surface area contributed by atoms with Gasteiger partial charge < -0.3 is 11.2 Å². The molecule has 12 nitrogen and oxygen atoms in total. The molecule has 0 aromatic heterocycles. The van der Waals surface area contributed by atoms with E-state index in [0.717, 1.165) is 24.3 Å². The van der Waals surface area contributed by atoms with Crippen LogP contribution in [0.3, 0.4) is 0 Å². The molecule has 0 bridgehead atoms. The van der Waals surface area contributed by atoms with Crippen LogP contribution in [0.15, 0.2) is 24.3 Å². The van der Waals surface area contributed by atoms with E-state index in [1.165, 1.54) is 0 Å². The molecule has 0 unspecified atom stereocenters. The number of nitrogens with two attached hydrogens (primary N) is 1. The van der Waals surface area contributed by atoms with E-state index in [0.29, 0.717) is 5.56 Å². The first kappa shape index (κ1) is 50.6. The molecule has 0 radical (unpaired) electrons. The van der Waals surface area contributed by atoms with Gasteiger partial charge in [-0.2, -0.15) is 10.5 Å². The van der Waals surface area contributed by atoms with Crippen molar-refractivity contribution in [3.63, 3.8) is 0 Å². The number of nitro benzene ring substituents is 2. The Labute approximate surface area is 376 Å². The van der Waals surface area contributed by atoms with Crippen LogP contribution in [0.2, 0.25) is 55.2 Å². The maximum atomic E-state index is 10.9. The quantitative estimate of drug-likeness (QED) is 0.0520. The fourth-order valence-corrected chi connectivity index (χ4v) is 6.53. The smallest absolute Gasteiger partial charge is 0.870 e. The third-order valence-electron chi connectivity index (χ3n) is 6.05. The van der Waals surface area contributed by atoms with Crippen molar-refractivity contribution in [1.29, 1.82) is 10.5 Å². The SMILES string of the molecule is Nc1c(Cl)cc([N+](=O)[O-])cc1Cl.[C-]#[N+]c1c(Cl)c(Cl)c(C#N)c(Cc2c(Cl)cc([N+](=O)[O-])cc2Cl)c1Cl.[C-]#[N+]c1c(Cl)c(Cl)c(C#N)c(Cl)c1Cl.[Na+].[OH-]. The van der Waals surface area contributed by atoms with Crippen molar-refractivity contribution in [1.82, 2.24) is 0 Å². The van der Waals surface area contributed by atoms with Gasteiger partial charge in [-0.1, -0.05) is 128 Å². The Bertz CT molecular complexity index is 2180. The summed E-state index contributed by atoms with van der Waals surface area (Å²) >= 11 is 64.4. The van der Waals surface area contributed by atoms with Crippen molar-refractivity contribution < 1.29 is 44.9 Å². The minimum atomic E-state index is -0.633. The molecule has 0 fully saturated rings. The predicted molar refractivity (Wildman–Crippen MR) is 205 cm³/mol. The van der Waals surface area contributed by atoms with E-state index in [1.54, 1.807) is 6.07 Å². The molecule has 0 spiro atoms. The van der Waals surface area contributed by atoms with Crippen LogP contribution in [0.25, 0.3) is 9.69 Å². The van der Waals surface area contributed by atoms with Crippen LogP contribution in [0, 0.1) is 56.0 Å². The number of nitriles is 2. The van der Waals surface area contributed by atoms with Gasteiger partial charge in [-0.15, -0.1) is 0 Å². The van der Waals surface area contributed by atoms with Crippen LogP contribution < -0.4 is 35.3 Å². The summed E-state index contributed by atoms with van der Waals surface area (Å²) in [7, 11) is 0. The number of non-ortho nitro benzene ring substituents is 2. The van der Waals surface area contributed by atoms with Crippen LogP contribution in [-0.4, -0.2) is 15.3 Å². The van der Waals surface area contributed by atoms with Crippen LogP contribution >= 0.6 is 128 Å². The van der Waals surface area contributed by atoms with Gasteiger partial charge in [0.15, 0.2) is 0 Å². The minimum absolute atomic E-state index is 0. The first-order valence-corrected chi connectivity index (χ1v) is 16.6. The molecule has 4 aromatic carbocycles. The molecule has 3 N–H and O–H groups in total. The van der Waals surface area contributed by atoms with Crippen LogP contribution in [0.4, 0.5) is 28.4 Å². The Balaban J connectivity index is 0.000000822. The summed E-state index contributed by atoms with van der Waals surface area (Å²) in [6, 6.07) is 8.23. The maximum Gasteiger partial charge on any atom is 1.00 e. The molecule has 24 heteroatoms. The first-order chi connectivity index (χ1) is 23.8. The number of anilines is 1. The van der Waals surface area contributed by atoms with E-state index in [9.17, 15) is 25.5 Å². The second-order valence-corrected chi connectivity index (χ2v) is 13.2. The summed E-state index contributed by atoms with van der Waals surface area (Å²) in [4.78, 5) is 26.2. The van der Waals surface area contributed by atoms with Crippen LogP contribution in [0.1, 0.15) is 22.3 Å². The summed E-state index contributed by atoms with van der Waals surface area (Å²) in [6.07, 6.45) is -0.0587. The second-order valence-electron chi connectivity index (χ2n) is 8.97. The standard InChI is InChI=1S/C15H4Cl5N3O2.C8Cl4N2.C6H4Cl2N2O2.Na.H2O/c1-22-15-13(19)7(9(5-21)12(18)14(15)20)4-8-10(16)2-6(23(24)25)3-11(8)17;1-14-8-6(11)4(9)3(2-13)5(10)7(8)12;7-4-1-3(10(11)12)2-5(8)6(4)9;;/h2-3H,4H2;;1-2H,9H2;;1H2/q;;;+1;/p-1. The topological polar surface area (TPSA) is 199 Å². The minimum Gasteiger partial charge on any atom is -0.870 e. The van der Waals surface area contributed by atoms with Gasteiger partial charge in [0.2, 0.25) is 11.4 Å². The number of nitrogen functional groups attached to an aromatic ring is 1. The summed E-state index contributed by atoms with van der Waals surface area (Å²) in [6.45, 7) is 14.0.